The lowest BCUT2D eigenvalue weighted by molar-refractivity contribution is -0.155. The largest absolute Gasteiger partial charge is 0.491 e. The van der Waals surface area contributed by atoms with E-state index in [1.807, 2.05) is 11.8 Å². The number of likely N-dealkylation sites (tertiary alicyclic amines) is 1. The van der Waals surface area contributed by atoms with E-state index >= 15 is 0 Å². The molecule has 2 aliphatic rings. The zero-order valence-electron chi connectivity index (χ0n) is 17.1. The van der Waals surface area contributed by atoms with Gasteiger partial charge < -0.3 is 18.9 Å². The van der Waals surface area contributed by atoms with Crippen LogP contribution in [-0.4, -0.2) is 70.8 Å². The second-order valence-corrected chi connectivity index (χ2v) is 7.71. The van der Waals surface area contributed by atoms with Gasteiger partial charge in [0.2, 0.25) is 11.8 Å². The van der Waals surface area contributed by atoms with Crippen molar-refractivity contribution in [3.63, 3.8) is 0 Å². The van der Waals surface area contributed by atoms with Crippen molar-refractivity contribution < 1.29 is 23.2 Å². The van der Waals surface area contributed by atoms with Crippen molar-refractivity contribution >= 4 is 5.91 Å². The maximum Gasteiger partial charge on any atom is 0.248 e. The molecule has 1 atom stereocenters. The second kappa shape index (κ2) is 9.53. The van der Waals surface area contributed by atoms with E-state index < -0.39 is 0 Å². The molecule has 3 heterocycles. The summed E-state index contributed by atoms with van der Waals surface area (Å²) in [5.41, 5.74) is 0. The highest BCUT2D eigenvalue weighted by atomic mass is 19.1. The SMILES string of the molecule is CCc1noc(CN2CCC(N3CC(COc4ccc(F)cc4)OCC3=O)CC2)n1. The van der Waals surface area contributed by atoms with Crippen molar-refractivity contribution in [1.29, 1.82) is 0 Å². The number of piperidine rings is 1. The minimum Gasteiger partial charge on any atom is -0.491 e. The lowest BCUT2D eigenvalue weighted by Crippen LogP contribution is -2.55. The Hall–Kier alpha value is -2.52. The molecular formula is C21H27FN4O4. The van der Waals surface area contributed by atoms with E-state index in [9.17, 15) is 9.18 Å². The van der Waals surface area contributed by atoms with E-state index in [-0.39, 0.29) is 30.5 Å². The lowest BCUT2D eigenvalue weighted by Gasteiger charge is -2.41. The van der Waals surface area contributed by atoms with Gasteiger partial charge in [-0.3, -0.25) is 9.69 Å². The molecule has 0 N–H and O–H groups in total. The molecule has 0 radical (unpaired) electrons. The van der Waals surface area contributed by atoms with Crippen LogP contribution in [0.2, 0.25) is 0 Å². The van der Waals surface area contributed by atoms with E-state index in [4.69, 9.17) is 14.0 Å². The molecule has 1 amide bonds. The molecule has 9 heteroatoms. The molecule has 0 spiro atoms. The van der Waals surface area contributed by atoms with Gasteiger partial charge in [-0.05, 0) is 37.1 Å². The van der Waals surface area contributed by atoms with Crippen molar-refractivity contribution in [2.24, 2.45) is 0 Å². The molecule has 0 bridgehead atoms. The van der Waals surface area contributed by atoms with Gasteiger partial charge in [0.15, 0.2) is 5.82 Å². The fourth-order valence-electron chi connectivity index (χ4n) is 3.90. The summed E-state index contributed by atoms with van der Waals surface area (Å²) in [5.74, 6) is 1.68. The maximum atomic E-state index is 13.0. The minimum absolute atomic E-state index is 0.0240. The van der Waals surface area contributed by atoms with Crippen molar-refractivity contribution in [2.75, 3.05) is 32.8 Å². The van der Waals surface area contributed by atoms with Crippen LogP contribution < -0.4 is 4.74 Å². The summed E-state index contributed by atoms with van der Waals surface area (Å²) in [6, 6.07) is 6.09. The molecule has 2 aromatic rings. The number of aryl methyl sites for hydroxylation is 1. The topological polar surface area (TPSA) is 80.9 Å². The molecule has 1 unspecified atom stereocenters. The quantitative estimate of drug-likeness (QED) is 0.681. The fourth-order valence-corrected chi connectivity index (χ4v) is 3.90. The number of carbonyl (C=O) groups is 1. The van der Waals surface area contributed by atoms with E-state index in [0.717, 1.165) is 38.2 Å². The third-order valence-corrected chi connectivity index (χ3v) is 5.60. The first-order valence-electron chi connectivity index (χ1n) is 10.4. The predicted molar refractivity (Wildman–Crippen MR) is 105 cm³/mol. The van der Waals surface area contributed by atoms with Crippen LogP contribution in [0, 0.1) is 5.82 Å². The molecule has 2 saturated heterocycles. The number of benzene rings is 1. The van der Waals surface area contributed by atoms with Gasteiger partial charge in [-0.15, -0.1) is 0 Å². The second-order valence-electron chi connectivity index (χ2n) is 7.71. The standard InChI is InChI=1S/C21H27FN4O4/c1-2-19-23-20(30-24-19)12-25-9-7-16(8-10-25)26-11-18(29-14-21(26)27)13-28-17-5-3-15(22)4-6-17/h3-6,16,18H,2,7-14H2,1H3. The van der Waals surface area contributed by atoms with Crippen molar-refractivity contribution in [1.82, 2.24) is 19.9 Å². The molecule has 162 valence electrons. The number of morpholine rings is 1. The van der Waals surface area contributed by atoms with Crippen LogP contribution in [0.5, 0.6) is 5.75 Å². The molecular weight excluding hydrogens is 391 g/mol. The molecule has 2 fully saturated rings. The Balaban J connectivity index is 1.25. The van der Waals surface area contributed by atoms with Gasteiger partial charge in [0.05, 0.1) is 13.1 Å². The van der Waals surface area contributed by atoms with Gasteiger partial charge in [-0.1, -0.05) is 12.1 Å². The first-order valence-corrected chi connectivity index (χ1v) is 10.4. The van der Waals surface area contributed by atoms with Gasteiger partial charge in [-0.25, -0.2) is 4.39 Å². The third-order valence-electron chi connectivity index (χ3n) is 5.60. The lowest BCUT2D eigenvalue weighted by atomic mass is 10.0. The normalized spacial score (nSPS) is 21.2. The Morgan fingerprint density at radius 2 is 2.00 bits per heavy atom. The summed E-state index contributed by atoms with van der Waals surface area (Å²) in [4.78, 5) is 21.0. The molecule has 1 aromatic carbocycles. The number of hydrogen-bond acceptors (Lipinski definition) is 7. The summed E-state index contributed by atoms with van der Waals surface area (Å²) in [6.07, 6.45) is 2.35. The summed E-state index contributed by atoms with van der Waals surface area (Å²) in [7, 11) is 0. The average Bonchev–Trinajstić information content (AvgIpc) is 3.22. The van der Waals surface area contributed by atoms with E-state index in [1.165, 1.54) is 12.1 Å². The highest BCUT2D eigenvalue weighted by molar-refractivity contribution is 5.78. The Morgan fingerprint density at radius 3 is 2.70 bits per heavy atom. The number of carbonyl (C=O) groups excluding carboxylic acids is 1. The highest BCUT2D eigenvalue weighted by Gasteiger charge is 2.34. The summed E-state index contributed by atoms with van der Waals surface area (Å²) in [6.45, 7) is 5.28. The molecule has 2 aliphatic heterocycles. The molecule has 4 rings (SSSR count). The molecule has 0 saturated carbocycles. The van der Waals surface area contributed by atoms with Gasteiger partial charge in [-0.2, -0.15) is 4.98 Å². The van der Waals surface area contributed by atoms with Gasteiger partial charge in [0.1, 0.15) is 30.9 Å². The maximum absolute atomic E-state index is 13.0. The number of nitrogens with zero attached hydrogens (tertiary/aromatic N) is 4. The van der Waals surface area contributed by atoms with E-state index in [2.05, 4.69) is 15.0 Å². The summed E-state index contributed by atoms with van der Waals surface area (Å²) >= 11 is 0. The summed E-state index contributed by atoms with van der Waals surface area (Å²) in [5, 5.41) is 3.94. The first-order chi connectivity index (χ1) is 14.6. The molecule has 8 nitrogen and oxygen atoms in total. The monoisotopic (exact) mass is 418 g/mol. The number of aromatic nitrogens is 2. The van der Waals surface area contributed by atoms with Crippen LogP contribution in [0.1, 0.15) is 31.5 Å². The Morgan fingerprint density at radius 1 is 1.23 bits per heavy atom. The van der Waals surface area contributed by atoms with Crippen LogP contribution in [0.4, 0.5) is 4.39 Å². The van der Waals surface area contributed by atoms with Crippen LogP contribution in [0.25, 0.3) is 0 Å². The third kappa shape index (κ3) is 5.14. The zero-order chi connectivity index (χ0) is 20.9. The first kappa shape index (κ1) is 20.7. The van der Waals surface area contributed by atoms with E-state index in [1.54, 1.807) is 12.1 Å². The fraction of sp³-hybridized carbons (Fsp3) is 0.571. The van der Waals surface area contributed by atoms with Crippen molar-refractivity contribution in [2.45, 2.75) is 44.9 Å². The molecule has 0 aliphatic carbocycles. The number of ether oxygens (including phenoxy) is 2. The van der Waals surface area contributed by atoms with Crippen molar-refractivity contribution in [3.8, 4) is 5.75 Å². The highest BCUT2D eigenvalue weighted by Crippen LogP contribution is 2.22. The summed E-state index contributed by atoms with van der Waals surface area (Å²) < 4.78 is 29.6. The number of halogens is 1. The van der Waals surface area contributed by atoms with Crippen LogP contribution >= 0.6 is 0 Å². The van der Waals surface area contributed by atoms with Crippen LogP contribution in [0.15, 0.2) is 28.8 Å². The van der Waals surface area contributed by atoms with Gasteiger partial charge >= 0.3 is 0 Å². The minimum atomic E-state index is -0.302. The average molecular weight is 418 g/mol. The molecule has 30 heavy (non-hydrogen) atoms. The number of hydrogen-bond donors (Lipinski definition) is 0. The van der Waals surface area contributed by atoms with Gasteiger partial charge in [0, 0.05) is 25.6 Å². The van der Waals surface area contributed by atoms with Crippen LogP contribution in [-0.2, 0) is 22.5 Å². The smallest absolute Gasteiger partial charge is 0.248 e. The van der Waals surface area contributed by atoms with Crippen molar-refractivity contribution in [3.05, 3.63) is 41.8 Å². The predicted octanol–water partition coefficient (Wildman–Crippen LogP) is 2.04. The Bertz CT molecular complexity index is 836. The number of rotatable bonds is 7. The zero-order valence-corrected chi connectivity index (χ0v) is 17.1. The van der Waals surface area contributed by atoms with Gasteiger partial charge in [0.25, 0.3) is 0 Å². The Kier molecular flexibility index (Phi) is 6.59. The molecule has 1 aromatic heterocycles. The van der Waals surface area contributed by atoms with Crippen LogP contribution in [0.3, 0.4) is 0 Å². The van der Waals surface area contributed by atoms with E-state index in [0.29, 0.717) is 31.3 Å². The number of amides is 1. The Labute approximate surface area is 174 Å².